The van der Waals surface area contributed by atoms with E-state index >= 15 is 0 Å². The third kappa shape index (κ3) is 25.5. The van der Waals surface area contributed by atoms with Gasteiger partial charge in [-0.25, -0.2) is 0 Å². The summed E-state index contributed by atoms with van der Waals surface area (Å²) in [6.45, 7) is 1.44. The first-order valence-electron chi connectivity index (χ1n) is 4.10. The number of nitrogens with one attached hydrogen (secondary N) is 1. The average Bonchev–Trinajstić information content (AvgIpc) is 2.21. The first kappa shape index (κ1) is 27.1. The molecular formula is C8H13NO9SV. The van der Waals surface area contributed by atoms with Crippen LogP contribution < -0.4 is 5.32 Å². The molecule has 12 heteroatoms. The van der Waals surface area contributed by atoms with Crippen LogP contribution in [0, 0.1) is 0 Å². The van der Waals surface area contributed by atoms with Gasteiger partial charge in [-0.2, -0.15) is 0 Å². The molecule has 0 radical (unpaired) electrons. The number of benzene rings is 1. The Morgan fingerprint density at radius 3 is 1.70 bits per heavy atom. The summed E-state index contributed by atoms with van der Waals surface area (Å²) in [4.78, 5) is 10.5. The van der Waals surface area contributed by atoms with Crippen molar-refractivity contribution in [2.24, 2.45) is 0 Å². The van der Waals surface area contributed by atoms with Crippen molar-refractivity contribution in [3.63, 3.8) is 0 Å². The molecule has 0 fully saturated rings. The van der Waals surface area contributed by atoms with Crippen LogP contribution >= 0.6 is 0 Å². The zero-order valence-corrected chi connectivity index (χ0v) is 12.3. The van der Waals surface area contributed by atoms with Gasteiger partial charge in [0.25, 0.3) is 0 Å². The van der Waals surface area contributed by atoms with Crippen molar-refractivity contribution in [3.8, 4) is 5.75 Å². The van der Waals surface area contributed by atoms with E-state index in [4.69, 9.17) is 26.3 Å². The van der Waals surface area contributed by atoms with E-state index in [1.807, 2.05) is 0 Å². The van der Waals surface area contributed by atoms with Crippen LogP contribution in [0.5, 0.6) is 5.75 Å². The number of carbonyl (C=O) groups excluding carboxylic acids is 1. The van der Waals surface area contributed by atoms with Crippen LogP contribution in [0.1, 0.15) is 6.92 Å². The van der Waals surface area contributed by atoms with Gasteiger partial charge in [0.2, 0.25) is 5.91 Å². The normalized spacial score (nSPS) is 8.25. The Bertz CT molecular complexity index is 453. The minimum absolute atomic E-state index is 0. The summed E-state index contributed by atoms with van der Waals surface area (Å²) in [6.07, 6.45) is 0. The van der Waals surface area contributed by atoms with Crippen molar-refractivity contribution >= 4 is 22.0 Å². The number of rotatable bonds is 1. The monoisotopic (exact) mass is 350 g/mol. The van der Waals surface area contributed by atoms with Crippen molar-refractivity contribution in [1.29, 1.82) is 0 Å². The Labute approximate surface area is 124 Å². The predicted octanol–water partition coefficient (Wildman–Crippen LogP) is -1.76. The van der Waals surface area contributed by atoms with Crippen LogP contribution in [0.2, 0.25) is 0 Å². The number of hydrogen-bond donors (Lipinski definition) is 2. The summed E-state index contributed by atoms with van der Waals surface area (Å²) in [5.41, 5.74) is 0.690. The van der Waals surface area contributed by atoms with Crippen molar-refractivity contribution < 1.29 is 59.4 Å². The van der Waals surface area contributed by atoms with Crippen LogP contribution in [0.3, 0.4) is 0 Å². The third-order valence-electron chi connectivity index (χ3n) is 1.19. The topological polar surface area (TPSA) is 210 Å². The van der Waals surface area contributed by atoms with Crippen LogP contribution in [-0.4, -0.2) is 39.5 Å². The van der Waals surface area contributed by atoms with Gasteiger partial charge >= 0.3 is 21.0 Å². The van der Waals surface area contributed by atoms with Gasteiger partial charge in [-0.1, -0.05) is 0 Å². The SMILES string of the molecule is CC(=O)Nc1ccc(O)cc1.O.O.O=S(=O)([O-])[O-].[O]=[V+2]. The molecule has 0 atom stereocenters. The number of amides is 1. The minimum atomic E-state index is -5.17. The molecule has 0 saturated heterocycles. The quantitative estimate of drug-likeness (QED) is 0.338. The van der Waals surface area contributed by atoms with E-state index < -0.39 is 10.4 Å². The predicted molar refractivity (Wildman–Crippen MR) is 60.8 cm³/mol. The van der Waals surface area contributed by atoms with Gasteiger partial charge in [-0.05, 0) is 24.3 Å². The molecule has 0 saturated carbocycles. The van der Waals surface area contributed by atoms with Gasteiger partial charge in [-0.15, -0.1) is 0 Å². The van der Waals surface area contributed by atoms with Gasteiger partial charge < -0.3 is 30.5 Å². The first-order chi connectivity index (χ1) is 8.18. The Hall–Kier alpha value is -1.34. The molecule has 1 aromatic carbocycles. The number of hydrogen-bond acceptors (Lipinski definition) is 7. The molecule has 0 unspecified atom stereocenters. The van der Waals surface area contributed by atoms with Gasteiger partial charge in [0.15, 0.2) is 0 Å². The second-order valence-electron chi connectivity index (χ2n) is 2.64. The Morgan fingerprint density at radius 1 is 1.15 bits per heavy atom. The molecule has 0 spiro atoms. The van der Waals surface area contributed by atoms with Crippen LogP contribution in [-0.2, 0) is 36.2 Å². The van der Waals surface area contributed by atoms with Gasteiger partial charge in [0.1, 0.15) is 5.75 Å². The number of phenolic OH excluding ortho intramolecular Hbond substituents is 1. The summed E-state index contributed by atoms with van der Waals surface area (Å²) >= 11 is 1.06. The first-order valence-corrected chi connectivity index (χ1v) is 6.00. The third-order valence-corrected chi connectivity index (χ3v) is 1.19. The van der Waals surface area contributed by atoms with Crippen molar-refractivity contribution in [2.45, 2.75) is 6.92 Å². The van der Waals surface area contributed by atoms with Crippen molar-refractivity contribution in [1.82, 2.24) is 0 Å². The van der Waals surface area contributed by atoms with Crippen molar-refractivity contribution in [2.75, 3.05) is 5.32 Å². The molecule has 0 heterocycles. The number of anilines is 1. The molecule has 0 aliphatic heterocycles. The van der Waals surface area contributed by atoms with E-state index in [-0.39, 0.29) is 22.6 Å². The number of aromatic hydroxyl groups is 1. The fourth-order valence-electron chi connectivity index (χ4n) is 0.748. The second kappa shape index (κ2) is 14.1. The fraction of sp³-hybridized carbons (Fsp3) is 0.125. The maximum absolute atomic E-state index is 10.5. The molecule has 0 aromatic heterocycles. The Morgan fingerprint density at radius 2 is 1.45 bits per heavy atom. The van der Waals surface area contributed by atoms with Crippen LogP contribution in [0.4, 0.5) is 5.69 Å². The van der Waals surface area contributed by atoms with Gasteiger partial charge in [-0.3, -0.25) is 13.2 Å². The van der Waals surface area contributed by atoms with Crippen LogP contribution in [0.15, 0.2) is 24.3 Å². The van der Waals surface area contributed by atoms with E-state index in [0.29, 0.717) is 5.69 Å². The second-order valence-corrected chi connectivity index (χ2v) is 3.45. The molecule has 1 aromatic rings. The molecule has 0 bridgehead atoms. The zero-order chi connectivity index (χ0) is 14.8. The summed E-state index contributed by atoms with van der Waals surface area (Å²) in [5.74, 6) is 0.0785. The molecule has 10 nitrogen and oxygen atoms in total. The molecule has 6 N–H and O–H groups in total. The molecular weight excluding hydrogens is 337 g/mol. The standard InChI is InChI=1S/C8H9NO2.H2O4S.2H2O.O.V/c1-6(10)9-7-2-4-8(11)5-3-7;1-5(2,3)4;;;;/h2-5,11H,1H3,(H,9,10);(H2,1,2,3,4);2*1H2;;/q;;;;;+2/p-2. The Kier molecular flexibility index (Phi) is 19.1. The summed E-state index contributed by atoms with van der Waals surface area (Å²) in [7, 11) is -5.17. The molecule has 1 amide bonds. The molecule has 20 heavy (non-hydrogen) atoms. The summed E-state index contributed by atoms with van der Waals surface area (Å²) in [5, 5.41) is 11.5. The number of phenols is 1. The molecule has 115 valence electrons. The fourth-order valence-corrected chi connectivity index (χ4v) is 0.748. The zero-order valence-electron chi connectivity index (χ0n) is 10.1. The van der Waals surface area contributed by atoms with E-state index in [2.05, 4.69) is 5.32 Å². The van der Waals surface area contributed by atoms with Crippen LogP contribution in [0.25, 0.3) is 0 Å². The number of carbonyl (C=O) groups is 1. The van der Waals surface area contributed by atoms with E-state index in [1.54, 1.807) is 12.1 Å². The van der Waals surface area contributed by atoms with E-state index in [1.165, 1.54) is 19.1 Å². The van der Waals surface area contributed by atoms with E-state index in [9.17, 15) is 4.79 Å². The van der Waals surface area contributed by atoms with E-state index in [0.717, 1.165) is 17.4 Å². The Balaban J connectivity index is -0.000000124. The summed E-state index contributed by atoms with van der Waals surface area (Å²) in [6, 6.07) is 6.31. The van der Waals surface area contributed by atoms with Crippen molar-refractivity contribution in [3.05, 3.63) is 24.3 Å². The van der Waals surface area contributed by atoms with Gasteiger partial charge in [0.05, 0.1) is 0 Å². The maximum atomic E-state index is 10.5. The summed E-state index contributed by atoms with van der Waals surface area (Å²) < 4.78 is 42.3. The molecule has 1 rings (SSSR count). The molecule has 0 aliphatic rings. The van der Waals surface area contributed by atoms with Gasteiger partial charge in [0, 0.05) is 23.0 Å². The molecule has 0 aliphatic carbocycles. The average molecular weight is 350 g/mol.